The molecule has 0 unspecified atom stereocenters. The molecule has 0 aliphatic heterocycles. The van der Waals surface area contributed by atoms with E-state index in [4.69, 9.17) is 4.74 Å². The maximum Gasteiger partial charge on any atom is 0.355 e. The van der Waals surface area contributed by atoms with Crippen LogP contribution in [0.25, 0.3) is 0 Å². The van der Waals surface area contributed by atoms with Crippen molar-refractivity contribution < 1.29 is 19.1 Å². The number of H-pyrrole nitrogens is 1. The maximum absolute atomic E-state index is 13.4. The second kappa shape index (κ2) is 10.9. The fourth-order valence-corrected chi connectivity index (χ4v) is 3.66. The number of aromatic nitrogens is 2. The second-order valence-electron chi connectivity index (χ2n) is 8.14. The summed E-state index contributed by atoms with van der Waals surface area (Å²) in [4.78, 5) is 47.6. The average Bonchev–Trinajstić information content (AvgIpc) is 3.02. The van der Waals surface area contributed by atoms with Crippen LogP contribution >= 0.6 is 0 Å². The SMILES string of the molecule is CCOC(=O)c1[nH]c(C)c(C(=O)[C@@H](C)N(CCc2ccccn2)C(=O)CC(C)C)c1C. The summed E-state index contributed by atoms with van der Waals surface area (Å²) >= 11 is 0. The monoisotopic (exact) mass is 427 g/mol. The lowest BCUT2D eigenvalue weighted by atomic mass is 9.98. The number of carbonyl (C=O) groups is 3. The van der Waals surface area contributed by atoms with E-state index >= 15 is 0 Å². The van der Waals surface area contributed by atoms with Gasteiger partial charge in [-0.2, -0.15) is 0 Å². The van der Waals surface area contributed by atoms with Gasteiger partial charge in [-0.3, -0.25) is 14.6 Å². The smallest absolute Gasteiger partial charge is 0.355 e. The van der Waals surface area contributed by atoms with E-state index < -0.39 is 12.0 Å². The molecule has 31 heavy (non-hydrogen) atoms. The lowest BCUT2D eigenvalue weighted by Crippen LogP contribution is -2.45. The van der Waals surface area contributed by atoms with E-state index in [9.17, 15) is 14.4 Å². The van der Waals surface area contributed by atoms with Crippen molar-refractivity contribution in [2.24, 2.45) is 5.92 Å². The standard InChI is InChI=1S/C24H33N3O4/c1-7-31-24(30)22-16(4)21(17(5)26-22)23(29)18(6)27(20(28)14-15(2)3)13-11-19-10-8-9-12-25-19/h8-10,12,15,18,26H,7,11,13-14H2,1-6H3/t18-/m1/s1. The molecule has 0 aromatic carbocycles. The Morgan fingerprint density at radius 2 is 1.87 bits per heavy atom. The highest BCUT2D eigenvalue weighted by Crippen LogP contribution is 2.23. The summed E-state index contributed by atoms with van der Waals surface area (Å²) < 4.78 is 5.08. The van der Waals surface area contributed by atoms with Crippen molar-refractivity contribution in [2.75, 3.05) is 13.2 Å². The minimum atomic E-state index is -0.668. The first-order valence-corrected chi connectivity index (χ1v) is 10.8. The van der Waals surface area contributed by atoms with Crippen LogP contribution < -0.4 is 0 Å². The van der Waals surface area contributed by atoms with Gasteiger partial charge in [0.1, 0.15) is 5.69 Å². The molecule has 0 saturated carbocycles. The van der Waals surface area contributed by atoms with Gasteiger partial charge >= 0.3 is 5.97 Å². The number of ether oxygens (including phenoxy) is 1. The molecule has 2 rings (SSSR count). The predicted octanol–water partition coefficient (Wildman–Crippen LogP) is 3.89. The summed E-state index contributed by atoms with van der Waals surface area (Å²) in [5.41, 5.74) is 2.73. The molecule has 2 aromatic heterocycles. The third-order valence-electron chi connectivity index (χ3n) is 5.25. The van der Waals surface area contributed by atoms with Gasteiger partial charge in [-0.1, -0.05) is 19.9 Å². The Labute approximate surface area is 184 Å². The van der Waals surface area contributed by atoms with Gasteiger partial charge in [-0.25, -0.2) is 4.79 Å². The summed E-state index contributed by atoms with van der Waals surface area (Å²) in [6.07, 6.45) is 2.63. The normalized spacial score (nSPS) is 12.0. The van der Waals surface area contributed by atoms with Gasteiger partial charge in [-0.15, -0.1) is 0 Å². The van der Waals surface area contributed by atoms with E-state index in [2.05, 4.69) is 9.97 Å². The number of aromatic amines is 1. The number of aryl methyl sites for hydroxylation is 1. The van der Waals surface area contributed by atoms with Crippen molar-refractivity contribution in [3.8, 4) is 0 Å². The summed E-state index contributed by atoms with van der Waals surface area (Å²) in [7, 11) is 0. The zero-order valence-corrected chi connectivity index (χ0v) is 19.3. The molecule has 0 fully saturated rings. The summed E-state index contributed by atoms with van der Waals surface area (Å²) in [5.74, 6) is -0.570. The molecule has 0 bridgehead atoms. The molecule has 0 aliphatic carbocycles. The second-order valence-corrected chi connectivity index (χ2v) is 8.14. The lowest BCUT2D eigenvalue weighted by Gasteiger charge is -2.29. The number of ketones is 1. The fourth-order valence-electron chi connectivity index (χ4n) is 3.66. The van der Waals surface area contributed by atoms with Gasteiger partial charge in [0.05, 0.1) is 12.6 Å². The van der Waals surface area contributed by atoms with Crippen LogP contribution in [-0.4, -0.2) is 51.7 Å². The van der Waals surface area contributed by atoms with Crippen LogP contribution in [0.4, 0.5) is 0 Å². The van der Waals surface area contributed by atoms with E-state index in [1.54, 1.807) is 38.8 Å². The Morgan fingerprint density at radius 3 is 2.45 bits per heavy atom. The lowest BCUT2D eigenvalue weighted by molar-refractivity contribution is -0.133. The number of carbonyl (C=O) groups excluding carboxylic acids is 3. The molecule has 1 N–H and O–H groups in total. The average molecular weight is 428 g/mol. The molecule has 2 heterocycles. The first kappa shape index (κ1) is 24.3. The van der Waals surface area contributed by atoms with E-state index in [1.165, 1.54) is 0 Å². The van der Waals surface area contributed by atoms with Gasteiger partial charge in [-0.05, 0) is 51.3 Å². The van der Waals surface area contributed by atoms with Gasteiger partial charge in [0.15, 0.2) is 5.78 Å². The number of hydrogen-bond acceptors (Lipinski definition) is 5. The molecule has 0 radical (unpaired) electrons. The number of rotatable bonds is 10. The first-order valence-electron chi connectivity index (χ1n) is 10.8. The first-order chi connectivity index (χ1) is 14.7. The molecule has 0 saturated heterocycles. The number of Topliss-reactive ketones (excluding diaryl/α,β-unsaturated/α-hetero) is 1. The van der Waals surface area contributed by atoms with Crippen LogP contribution in [-0.2, 0) is 16.0 Å². The van der Waals surface area contributed by atoms with Gasteiger partial charge in [0.2, 0.25) is 5.91 Å². The molecule has 1 amide bonds. The molecule has 0 spiro atoms. The Bertz CT molecular complexity index is 918. The maximum atomic E-state index is 13.4. The largest absolute Gasteiger partial charge is 0.461 e. The minimum Gasteiger partial charge on any atom is -0.461 e. The van der Waals surface area contributed by atoms with Gasteiger partial charge in [0.25, 0.3) is 0 Å². The van der Waals surface area contributed by atoms with Crippen LogP contribution in [0.2, 0.25) is 0 Å². The quantitative estimate of drug-likeness (QED) is 0.459. The van der Waals surface area contributed by atoms with Crippen LogP contribution in [0.15, 0.2) is 24.4 Å². The zero-order valence-electron chi connectivity index (χ0n) is 19.3. The van der Waals surface area contributed by atoms with E-state index in [0.717, 1.165) is 5.69 Å². The Hall–Kier alpha value is -2.96. The highest BCUT2D eigenvalue weighted by atomic mass is 16.5. The predicted molar refractivity (Wildman–Crippen MR) is 119 cm³/mol. The highest BCUT2D eigenvalue weighted by molar-refractivity contribution is 6.06. The van der Waals surface area contributed by atoms with Crippen LogP contribution in [0.5, 0.6) is 0 Å². The van der Waals surface area contributed by atoms with Crippen LogP contribution in [0.3, 0.4) is 0 Å². The van der Waals surface area contributed by atoms with Crippen LogP contribution in [0.1, 0.15) is 71.9 Å². The minimum absolute atomic E-state index is 0.0664. The third kappa shape index (κ3) is 6.03. The molecule has 7 heteroatoms. The van der Waals surface area contributed by atoms with Crippen molar-refractivity contribution in [2.45, 2.75) is 60.4 Å². The van der Waals surface area contributed by atoms with E-state index in [1.807, 2.05) is 32.0 Å². The summed E-state index contributed by atoms with van der Waals surface area (Å²) in [6.45, 7) is 11.6. The number of pyridine rings is 1. The third-order valence-corrected chi connectivity index (χ3v) is 5.25. The summed E-state index contributed by atoms with van der Waals surface area (Å²) in [5, 5.41) is 0. The summed E-state index contributed by atoms with van der Waals surface area (Å²) in [6, 6.07) is 4.98. The van der Waals surface area contributed by atoms with Gasteiger partial charge in [0, 0.05) is 42.5 Å². The Morgan fingerprint density at radius 1 is 1.16 bits per heavy atom. The molecule has 1 atom stereocenters. The number of amides is 1. The number of hydrogen-bond donors (Lipinski definition) is 1. The number of esters is 1. The highest BCUT2D eigenvalue weighted by Gasteiger charge is 2.31. The van der Waals surface area contributed by atoms with Crippen molar-refractivity contribution in [1.82, 2.24) is 14.9 Å². The van der Waals surface area contributed by atoms with Crippen molar-refractivity contribution in [1.29, 1.82) is 0 Å². The van der Waals surface area contributed by atoms with Crippen LogP contribution in [0, 0.1) is 19.8 Å². The van der Waals surface area contributed by atoms with Crippen molar-refractivity contribution in [3.63, 3.8) is 0 Å². The van der Waals surface area contributed by atoms with Crippen molar-refractivity contribution >= 4 is 17.7 Å². The van der Waals surface area contributed by atoms with Crippen molar-refractivity contribution in [3.05, 3.63) is 52.6 Å². The molecular formula is C24H33N3O4. The molecule has 0 aliphatic rings. The molecule has 2 aromatic rings. The number of nitrogens with one attached hydrogen (secondary N) is 1. The molecular weight excluding hydrogens is 394 g/mol. The topological polar surface area (TPSA) is 92.4 Å². The molecule has 7 nitrogen and oxygen atoms in total. The Kier molecular flexibility index (Phi) is 8.54. The van der Waals surface area contributed by atoms with E-state index in [0.29, 0.717) is 36.2 Å². The van der Waals surface area contributed by atoms with E-state index in [-0.39, 0.29) is 29.9 Å². The zero-order chi connectivity index (χ0) is 23.1. The van der Waals surface area contributed by atoms with Gasteiger partial charge < -0.3 is 14.6 Å². The fraction of sp³-hybridized carbons (Fsp3) is 0.500. The molecule has 168 valence electrons. The Balaban J connectivity index is 2.30. The number of nitrogens with zero attached hydrogens (tertiary/aromatic N) is 2.